The summed E-state index contributed by atoms with van der Waals surface area (Å²) in [5.74, 6) is 0.604. The van der Waals surface area contributed by atoms with Crippen molar-refractivity contribution < 1.29 is 18.7 Å². The van der Waals surface area contributed by atoms with E-state index in [1.807, 2.05) is 6.92 Å². The molecule has 0 saturated carbocycles. The molecular weight excluding hydrogens is 383 g/mol. The van der Waals surface area contributed by atoms with E-state index in [1.165, 1.54) is 44.3 Å². The summed E-state index contributed by atoms with van der Waals surface area (Å²) in [4.78, 5) is 21.2. The minimum atomic E-state index is -0.782. The van der Waals surface area contributed by atoms with E-state index in [4.69, 9.17) is 15.2 Å². The van der Waals surface area contributed by atoms with Gasteiger partial charge >= 0.3 is 0 Å². The molecular formula is C19H21FN4O3S. The molecule has 9 heteroatoms. The lowest BCUT2D eigenvalue weighted by molar-refractivity contribution is 0.101. The highest BCUT2D eigenvalue weighted by molar-refractivity contribution is 8.13. The molecule has 1 amide bonds. The Labute approximate surface area is 166 Å². The number of hydrogen-bond donors (Lipinski definition) is 2. The van der Waals surface area contributed by atoms with Crippen LogP contribution in [0, 0.1) is 5.82 Å². The van der Waals surface area contributed by atoms with E-state index in [-0.39, 0.29) is 11.4 Å². The van der Waals surface area contributed by atoms with Gasteiger partial charge in [0.1, 0.15) is 11.6 Å². The molecule has 0 aliphatic carbocycles. The first kappa shape index (κ1) is 19.9. The van der Waals surface area contributed by atoms with Crippen LogP contribution in [0.3, 0.4) is 0 Å². The summed E-state index contributed by atoms with van der Waals surface area (Å²) in [6.07, 6.45) is 2.06. The largest absolute Gasteiger partial charge is 0.495 e. The van der Waals surface area contributed by atoms with Gasteiger partial charge in [0.25, 0.3) is 5.91 Å². The Balaban J connectivity index is 1.90. The SMILES string of the molecule is COc1cnc(C(=O)Nc2ccc(F)c([C@]3(C)CCSC(N)=N3)c2)c(OC)c1. The first-order valence-corrected chi connectivity index (χ1v) is 9.52. The van der Waals surface area contributed by atoms with Gasteiger partial charge in [0.15, 0.2) is 16.6 Å². The number of nitrogens with two attached hydrogens (primary N) is 1. The lowest BCUT2D eigenvalue weighted by atomic mass is 9.89. The van der Waals surface area contributed by atoms with Gasteiger partial charge in [0.2, 0.25) is 0 Å². The van der Waals surface area contributed by atoms with Gasteiger partial charge in [-0.15, -0.1) is 0 Å². The van der Waals surface area contributed by atoms with Gasteiger partial charge in [-0.25, -0.2) is 9.37 Å². The summed E-state index contributed by atoms with van der Waals surface area (Å²) >= 11 is 1.44. The number of methoxy groups -OCH3 is 2. The van der Waals surface area contributed by atoms with Gasteiger partial charge in [-0.2, -0.15) is 0 Å². The van der Waals surface area contributed by atoms with Gasteiger partial charge in [0, 0.05) is 23.1 Å². The van der Waals surface area contributed by atoms with E-state index >= 15 is 0 Å². The Kier molecular flexibility index (Phi) is 5.73. The van der Waals surface area contributed by atoms with Crippen LogP contribution >= 0.6 is 11.8 Å². The molecule has 28 heavy (non-hydrogen) atoms. The Bertz CT molecular complexity index is 937. The van der Waals surface area contributed by atoms with Gasteiger partial charge in [-0.3, -0.25) is 9.79 Å². The molecule has 1 aliphatic heterocycles. The van der Waals surface area contributed by atoms with E-state index in [1.54, 1.807) is 12.1 Å². The Morgan fingerprint density at radius 3 is 2.79 bits per heavy atom. The predicted molar refractivity (Wildman–Crippen MR) is 108 cm³/mol. The number of pyridine rings is 1. The zero-order chi connectivity index (χ0) is 20.3. The topological polar surface area (TPSA) is 98.8 Å². The Morgan fingerprint density at radius 1 is 1.32 bits per heavy atom. The van der Waals surface area contributed by atoms with E-state index < -0.39 is 17.3 Å². The number of thioether (sulfide) groups is 1. The second-order valence-corrected chi connectivity index (χ2v) is 7.51. The first-order valence-electron chi connectivity index (χ1n) is 8.54. The standard InChI is InChI=1S/C19H21FN4O3S/c1-19(6-7-28-18(21)24-19)13-8-11(4-5-14(13)20)23-17(25)16-15(27-3)9-12(26-2)10-22-16/h4-5,8-10H,6-7H2,1-3H3,(H2,21,24)(H,23,25)/t19-/m0/s1. The molecule has 0 fully saturated rings. The van der Waals surface area contributed by atoms with Crippen LogP contribution in [-0.2, 0) is 5.54 Å². The highest BCUT2D eigenvalue weighted by Gasteiger charge is 2.32. The first-order chi connectivity index (χ1) is 13.4. The molecule has 1 aromatic carbocycles. The van der Waals surface area contributed by atoms with Gasteiger partial charge < -0.3 is 20.5 Å². The number of aliphatic imine (C=N–C) groups is 1. The third-order valence-corrected chi connectivity index (χ3v) is 5.29. The lowest BCUT2D eigenvalue weighted by Crippen LogP contribution is -2.29. The molecule has 1 atom stereocenters. The highest BCUT2D eigenvalue weighted by Crippen LogP contribution is 2.37. The Hall–Kier alpha value is -2.81. The van der Waals surface area contributed by atoms with Gasteiger partial charge in [-0.05, 0) is 31.5 Å². The molecule has 0 bridgehead atoms. The average molecular weight is 404 g/mol. The number of benzene rings is 1. The van der Waals surface area contributed by atoms with Crippen molar-refractivity contribution in [3.05, 3.63) is 47.5 Å². The number of nitrogens with one attached hydrogen (secondary N) is 1. The normalized spacial score (nSPS) is 18.9. The number of amidine groups is 1. The van der Waals surface area contributed by atoms with Crippen LogP contribution in [0.4, 0.5) is 10.1 Å². The zero-order valence-corrected chi connectivity index (χ0v) is 16.6. The molecule has 2 aromatic rings. The third-order valence-electron chi connectivity index (χ3n) is 4.50. The number of nitrogens with zero attached hydrogens (tertiary/aromatic N) is 2. The number of ether oxygens (including phenoxy) is 2. The third kappa shape index (κ3) is 4.04. The maximum atomic E-state index is 14.5. The van der Waals surface area contributed by atoms with Crippen LogP contribution in [-0.4, -0.2) is 36.0 Å². The number of carbonyl (C=O) groups is 1. The van der Waals surface area contributed by atoms with E-state index in [9.17, 15) is 9.18 Å². The second kappa shape index (κ2) is 8.05. The van der Waals surface area contributed by atoms with Crippen molar-refractivity contribution in [1.29, 1.82) is 0 Å². The van der Waals surface area contributed by atoms with Crippen LogP contribution in [0.5, 0.6) is 11.5 Å². The fourth-order valence-corrected chi connectivity index (χ4v) is 3.93. The molecule has 0 saturated heterocycles. The lowest BCUT2D eigenvalue weighted by Gasteiger charge is -2.30. The fraction of sp³-hybridized carbons (Fsp3) is 0.316. The van der Waals surface area contributed by atoms with Crippen LogP contribution in [0.15, 0.2) is 35.5 Å². The molecule has 0 radical (unpaired) electrons. The summed E-state index contributed by atoms with van der Waals surface area (Å²) in [7, 11) is 2.93. The van der Waals surface area contributed by atoms with Crippen molar-refractivity contribution >= 4 is 28.5 Å². The highest BCUT2D eigenvalue weighted by atomic mass is 32.2. The van der Waals surface area contributed by atoms with E-state index in [0.29, 0.717) is 28.6 Å². The minimum absolute atomic E-state index is 0.0942. The molecule has 0 spiro atoms. The molecule has 1 aromatic heterocycles. The van der Waals surface area contributed by atoms with Gasteiger partial charge in [0.05, 0.1) is 26.0 Å². The number of carbonyl (C=O) groups excluding carboxylic acids is 1. The second-order valence-electron chi connectivity index (χ2n) is 6.40. The van der Waals surface area contributed by atoms with Crippen molar-refractivity contribution in [3.63, 3.8) is 0 Å². The number of rotatable bonds is 5. The van der Waals surface area contributed by atoms with E-state index in [2.05, 4.69) is 15.3 Å². The number of halogens is 1. The smallest absolute Gasteiger partial charge is 0.278 e. The number of aromatic nitrogens is 1. The number of amides is 1. The van der Waals surface area contributed by atoms with Gasteiger partial charge in [-0.1, -0.05) is 11.8 Å². The minimum Gasteiger partial charge on any atom is -0.495 e. The summed E-state index contributed by atoms with van der Waals surface area (Å²) in [6, 6.07) is 5.94. The Morgan fingerprint density at radius 2 is 2.11 bits per heavy atom. The van der Waals surface area contributed by atoms with Crippen molar-refractivity contribution in [2.45, 2.75) is 18.9 Å². The molecule has 3 rings (SSSR count). The molecule has 0 unspecified atom stereocenters. The van der Waals surface area contributed by atoms with Crippen molar-refractivity contribution in [3.8, 4) is 11.5 Å². The molecule has 1 aliphatic rings. The predicted octanol–water partition coefficient (Wildman–Crippen LogP) is 3.16. The number of anilines is 1. The van der Waals surface area contributed by atoms with Crippen molar-refractivity contribution in [1.82, 2.24) is 4.98 Å². The summed E-state index contributed by atoms with van der Waals surface area (Å²) < 4.78 is 24.8. The maximum Gasteiger partial charge on any atom is 0.278 e. The summed E-state index contributed by atoms with van der Waals surface area (Å²) in [5, 5.41) is 3.16. The summed E-state index contributed by atoms with van der Waals surface area (Å²) in [6.45, 7) is 1.83. The van der Waals surface area contributed by atoms with Crippen LogP contribution in [0.2, 0.25) is 0 Å². The van der Waals surface area contributed by atoms with Crippen LogP contribution in [0.1, 0.15) is 29.4 Å². The summed E-state index contributed by atoms with van der Waals surface area (Å²) in [5.41, 5.74) is 5.95. The zero-order valence-electron chi connectivity index (χ0n) is 15.8. The van der Waals surface area contributed by atoms with Crippen molar-refractivity contribution in [2.75, 3.05) is 25.3 Å². The fourth-order valence-electron chi connectivity index (χ4n) is 2.95. The molecule has 3 N–H and O–H groups in total. The van der Waals surface area contributed by atoms with Crippen LogP contribution in [0.25, 0.3) is 0 Å². The maximum absolute atomic E-state index is 14.5. The van der Waals surface area contributed by atoms with Crippen LogP contribution < -0.4 is 20.5 Å². The average Bonchev–Trinajstić information content (AvgIpc) is 2.68. The van der Waals surface area contributed by atoms with Crippen molar-refractivity contribution in [2.24, 2.45) is 10.7 Å². The molecule has 148 valence electrons. The number of hydrogen-bond acceptors (Lipinski definition) is 7. The quantitative estimate of drug-likeness (QED) is 0.794. The van der Waals surface area contributed by atoms with E-state index in [0.717, 1.165) is 5.75 Å². The monoisotopic (exact) mass is 404 g/mol. The molecule has 7 nitrogen and oxygen atoms in total. The molecule has 2 heterocycles.